The predicted molar refractivity (Wildman–Crippen MR) is 50.8 cm³/mol. The van der Waals surface area contributed by atoms with Gasteiger partial charge in [-0.15, -0.1) is 0 Å². The van der Waals surface area contributed by atoms with Gasteiger partial charge in [0.05, 0.1) is 6.61 Å². The molecule has 0 bridgehead atoms. The number of allylic oxidation sites excluding steroid dienone is 4. The van der Waals surface area contributed by atoms with Gasteiger partial charge in [-0.25, -0.2) is 0 Å². The molecule has 2 heteroatoms. The molecule has 1 atom stereocenters. The van der Waals surface area contributed by atoms with Crippen molar-refractivity contribution >= 4 is 11.8 Å². The highest BCUT2D eigenvalue weighted by atomic mass is 32.2. The first-order valence-electron chi connectivity index (χ1n) is 3.92. The van der Waals surface area contributed by atoms with Gasteiger partial charge in [-0.3, -0.25) is 0 Å². The molecule has 1 N–H and O–H groups in total. The van der Waals surface area contributed by atoms with Crippen LogP contribution < -0.4 is 0 Å². The zero-order valence-corrected chi connectivity index (χ0v) is 7.55. The van der Waals surface area contributed by atoms with Crippen molar-refractivity contribution < 1.29 is 5.11 Å². The van der Waals surface area contributed by atoms with Crippen LogP contribution in [0.25, 0.3) is 0 Å². The minimum atomic E-state index is 0.287. The van der Waals surface area contributed by atoms with E-state index in [2.05, 4.69) is 31.2 Å². The van der Waals surface area contributed by atoms with Crippen LogP contribution in [0, 0.1) is 5.92 Å². The van der Waals surface area contributed by atoms with Crippen LogP contribution in [0.5, 0.6) is 0 Å². The normalized spacial score (nSPS) is 19.5. The number of aliphatic hydroxyl groups is 1. The Balaban J connectivity index is 2.24. The first kappa shape index (κ1) is 8.88. The molecule has 0 aliphatic heterocycles. The van der Waals surface area contributed by atoms with Crippen molar-refractivity contribution in [3.63, 3.8) is 0 Å². The maximum atomic E-state index is 8.60. The zero-order chi connectivity index (χ0) is 8.10. The monoisotopic (exact) mass is 170 g/mol. The molecule has 0 aromatic rings. The average molecular weight is 170 g/mol. The molecule has 1 rings (SSSR count). The van der Waals surface area contributed by atoms with Crippen molar-refractivity contribution in [3.05, 3.63) is 24.3 Å². The molecule has 1 aliphatic rings. The van der Waals surface area contributed by atoms with E-state index in [1.54, 1.807) is 0 Å². The SMILES string of the molecule is C[C@H](SCCO)C1C=CC=C1. The van der Waals surface area contributed by atoms with Crippen LogP contribution in [0.1, 0.15) is 6.92 Å². The molecule has 0 amide bonds. The molecule has 0 fully saturated rings. The van der Waals surface area contributed by atoms with Crippen LogP contribution in [0.3, 0.4) is 0 Å². The molecule has 1 nitrogen and oxygen atoms in total. The van der Waals surface area contributed by atoms with E-state index >= 15 is 0 Å². The smallest absolute Gasteiger partial charge is 0.0521 e. The minimum Gasteiger partial charge on any atom is -0.396 e. The van der Waals surface area contributed by atoms with Crippen LogP contribution in [-0.2, 0) is 0 Å². The van der Waals surface area contributed by atoms with E-state index in [9.17, 15) is 0 Å². The summed E-state index contributed by atoms with van der Waals surface area (Å²) < 4.78 is 0. The molecule has 1 aliphatic carbocycles. The fraction of sp³-hybridized carbons (Fsp3) is 0.556. The highest BCUT2D eigenvalue weighted by Gasteiger charge is 2.12. The summed E-state index contributed by atoms with van der Waals surface area (Å²) >= 11 is 1.82. The molecular weight excluding hydrogens is 156 g/mol. The van der Waals surface area contributed by atoms with Gasteiger partial charge in [0.2, 0.25) is 0 Å². The summed E-state index contributed by atoms with van der Waals surface area (Å²) in [6.45, 7) is 2.49. The summed E-state index contributed by atoms with van der Waals surface area (Å²) in [5, 5.41) is 9.20. The van der Waals surface area contributed by atoms with Gasteiger partial charge >= 0.3 is 0 Å². The predicted octanol–water partition coefficient (Wildman–Crippen LogP) is 1.84. The zero-order valence-electron chi connectivity index (χ0n) is 6.73. The molecule has 0 heterocycles. The Kier molecular flexibility index (Phi) is 3.73. The Morgan fingerprint density at radius 1 is 1.45 bits per heavy atom. The van der Waals surface area contributed by atoms with Gasteiger partial charge in [0, 0.05) is 16.9 Å². The van der Waals surface area contributed by atoms with Gasteiger partial charge in [0.25, 0.3) is 0 Å². The largest absolute Gasteiger partial charge is 0.396 e. The Hall–Kier alpha value is -0.210. The lowest BCUT2D eigenvalue weighted by molar-refractivity contribution is 0.322. The van der Waals surface area contributed by atoms with Crippen LogP contribution in [0.4, 0.5) is 0 Å². The van der Waals surface area contributed by atoms with Crippen LogP contribution in [-0.4, -0.2) is 22.7 Å². The topological polar surface area (TPSA) is 20.2 Å². The Morgan fingerprint density at radius 2 is 2.09 bits per heavy atom. The van der Waals surface area contributed by atoms with Gasteiger partial charge in [0.1, 0.15) is 0 Å². The summed E-state index contributed by atoms with van der Waals surface area (Å²) in [4.78, 5) is 0. The quantitative estimate of drug-likeness (QED) is 0.694. The second-order valence-corrected chi connectivity index (χ2v) is 4.13. The molecule has 0 aromatic heterocycles. The van der Waals surface area contributed by atoms with E-state index in [1.807, 2.05) is 11.8 Å². The van der Waals surface area contributed by atoms with Crippen molar-refractivity contribution in [1.29, 1.82) is 0 Å². The molecule has 0 radical (unpaired) electrons. The summed E-state index contributed by atoms with van der Waals surface area (Å²) in [5.74, 6) is 1.42. The Morgan fingerprint density at radius 3 is 2.64 bits per heavy atom. The van der Waals surface area contributed by atoms with Gasteiger partial charge in [0.15, 0.2) is 0 Å². The van der Waals surface area contributed by atoms with E-state index in [0.717, 1.165) is 5.75 Å². The van der Waals surface area contributed by atoms with Gasteiger partial charge in [-0.2, -0.15) is 11.8 Å². The first-order valence-corrected chi connectivity index (χ1v) is 4.97. The van der Waals surface area contributed by atoms with E-state index in [4.69, 9.17) is 5.11 Å². The van der Waals surface area contributed by atoms with E-state index in [-0.39, 0.29) is 6.61 Å². The van der Waals surface area contributed by atoms with Crippen molar-refractivity contribution in [2.75, 3.05) is 12.4 Å². The maximum Gasteiger partial charge on any atom is 0.0521 e. The summed E-state index contributed by atoms with van der Waals surface area (Å²) in [6.07, 6.45) is 8.57. The lowest BCUT2D eigenvalue weighted by Crippen LogP contribution is -2.08. The second-order valence-electron chi connectivity index (χ2n) is 2.65. The number of hydrogen-bond donors (Lipinski definition) is 1. The average Bonchev–Trinajstić information content (AvgIpc) is 2.52. The van der Waals surface area contributed by atoms with Crippen molar-refractivity contribution in [3.8, 4) is 0 Å². The third-order valence-electron chi connectivity index (χ3n) is 1.79. The number of rotatable bonds is 4. The third kappa shape index (κ3) is 2.72. The van der Waals surface area contributed by atoms with Crippen LogP contribution in [0.15, 0.2) is 24.3 Å². The molecule has 0 aromatic carbocycles. The van der Waals surface area contributed by atoms with Crippen molar-refractivity contribution in [2.45, 2.75) is 12.2 Å². The van der Waals surface area contributed by atoms with E-state index < -0.39 is 0 Å². The molecular formula is C9H14OS. The minimum absolute atomic E-state index is 0.287. The molecule has 0 saturated carbocycles. The molecule has 11 heavy (non-hydrogen) atoms. The standard InChI is InChI=1S/C9H14OS/c1-8(11-7-6-10)9-4-2-3-5-9/h2-5,8-10H,6-7H2,1H3/t8-/m0/s1. The van der Waals surface area contributed by atoms with Gasteiger partial charge in [-0.1, -0.05) is 31.2 Å². The van der Waals surface area contributed by atoms with E-state index in [1.165, 1.54) is 0 Å². The van der Waals surface area contributed by atoms with Crippen LogP contribution >= 0.6 is 11.8 Å². The molecule has 0 spiro atoms. The summed E-state index contributed by atoms with van der Waals surface area (Å²) in [7, 11) is 0. The van der Waals surface area contributed by atoms with E-state index in [0.29, 0.717) is 11.2 Å². The van der Waals surface area contributed by atoms with Crippen molar-refractivity contribution in [2.24, 2.45) is 5.92 Å². The molecule has 62 valence electrons. The third-order valence-corrected chi connectivity index (χ3v) is 3.05. The highest BCUT2D eigenvalue weighted by molar-refractivity contribution is 7.99. The summed E-state index contributed by atoms with van der Waals surface area (Å²) in [6, 6.07) is 0. The van der Waals surface area contributed by atoms with Crippen molar-refractivity contribution in [1.82, 2.24) is 0 Å². The first-order chi connectivity index (χ1) is 5.34. The lowest BCUT2D eigenvalue weighted by Gasteiger charge is -2.14. The molecule has 0 unspecified atom stereocenters. The number of aliphatic hydroxyl groups excluding tert-OH is 1. The number of thioether (sulfide) groups is 1. The van der Waals surface area contributed by atoms with Gasteiger partial charge in [-0.05, 0) is 0 Å². The molecule has 0 saturated heterocycles. The second kappa shape index (κ2) is 4.62. The fourth-order valence-electron chi connectivity index (χ4n) is 1.11. The Labute approximate surface area is 72.2 Å². The maximum absolute atomic E-state index is 8.60. The van der Waals surface area contributed by atoms with Crippen LogP contribution in [0.2, 0.25) is 0 Å². The summed E-state index contributed by atoms with van der Waals surface area (Å²) in [5.41, 5.74) is 0. The fourth-order valence-corrected chi connectivity index (χ4v) is 1.99. The highest BCUT2D eigenvalue weighted by Crippen LogP contribution is 2.23. The van der Waals surface area contributed by atoms with Gasteiger partial charge < -0.3 is 5.11 Å². The lowest BCUT2D eigenvalue weighted by atomic mass is 10.1. The number of hydrogen-bond acceptors (Lipinski definition) is 2. The Bertz CT molecular complexity index is 151.